The van der Waals surface area contributed by atoms with Crippen LogP contribution in [-0.4, -0.2) is 35.4 Å². The number of nitrogens with one attached hydrogen (secondary N) is 2. The quantitative estimate of drug-likeness (QED) is 0.556. The monoisotopic (exact) mass is 266 g/mol. The molecular formula is C13H22N4O2. The Morgan fingerprint density at radius 1 is 1.42 bits per heavy atom. The molecule has 6 nitrogen and oxygen atoms in total. The molecule has 0 aliphatic heterocycles. The molecule has 1 heterocycles. The number of guanidine groups is 1. The third-order valence-electron chi connectivity index (χ3n) is 3.71. The lowest BCUT2D eigenvalue weighted by atomic mass is 9.80. The van der Waals surface area contributed by atoms with Gasteiger partial charge in [0, 0.05) is 25.7 Å². The molecule has 0 saturated heterocycles. The van der Waals surface area contributed by atoms with Gasteiger partial charge in [0.1, 0.15) is 5.76 Å². The zero-order chi connectivity index (χ0) is 13.9. The van der Waals surface area contributed by atoms with Crippen molar-refractivity contribution in [2.75, 3.05) is 13.6 Å². The van der Waals surface area contributed by atoms with Gasteiger partial charge >= 0.3 is 0 Å². The van der Waals surface area contributed by atoms with Crippen LogP contribution in [-0.2, 0) is 6.54 Å². The van der Waals surface area contributed by atoms with Crippen LogP contribution in [0, 0.1) is 13.8 Å². The second kappa shape index (κ2) is 5.61. The summed E-state index contributed by atoms with van der Waals surface area (Å²) in [5.41, 5.74) is 1.38. The highest BCUT2D eigenvalue weighted by Crippen LogP contribution is 2.30. The van der Waals surface area contributed by atoms with Gasteiger partial charge in [0.05, 0.1) is 11.3 Å². The highest BCUT2D eigenvalue weighted by atomic mass is 16.5. The first kappa shape index (κ1) is 13.9. The van der Waals surface area contributed by atoms with Crippen LogP contribution in [0.25, 0.3) is 0 Å². The van der Waals surface area contributed by atoms with Crippen LogP contribution >= 0.6 is 0 Å². The molecule has 0 amide bonds. The zero-order valence-corrected chi connectivity index (χ0v) is 11.8. The van der Waals surface area contributed by atoms with Gasteiger partial charge in [-0.3, -0.25) is 4.99 Å². The van der Waals surface area contributed by atoms with Crippen molar-refractivity contribution >= 4 is 5.96 Å². The van der Waals surface area contributed by atoms with E-state index in [1.165, 1.54) is 0 Å². The van der Waals surface area contributed by atoms with E-state index in [0.717, 1.165) is 36.3 Å². The van der Waals surface area contributed by atoms with E-state index in [9.17, 15) is 5.11 Å². The Morgan fingerprint density at radius 3 is 2.63 bits per heavy atom. The molecule has 1 aliphatic rings. The first-order valence-electron chi connectivity index (χ1n) is 6.63. The molecule has 2 rings (SSSR count). The molecule has 106 valence electrons. The Balaban J connectivity index is 1.83. The topological polar surface area (TPSA) is 82.7 Å². The lowest BCUT2D eigenvalue weighted by Gasteiger charge is -2.36. The van der Waals surface area contributed by atoms with Gasteiger partial charge in [-0.25, -0.2) is 0 Å². The van der Waals surface area contributed by atoms with Crippen molar-refractivity contribution in [2.24, 2.45) is 4.99 Å². The fourth-order valence-corrected chi connectivity index (χ4v) is 2.16. The molecule has 6 heteroatoms. The Bertz CT molecular complexity index is 444. The highest BCUT2D eigenvalue weighted by Gasteiger charge is 2.34. The standard InChI is InChI=1S/C13H22N4O2/c1-9-11(10(2)19-17-9)7-15-12(14-3)16-8-13(18)5-4-6-13/h18H,4-8H2,1-3H3,(H2,14,15,16). The molecule has 0 aromatic carbocycles. The molecular weight excluding hydrogens is 244 g/mol. The summed E-state index contributed by atoms with van der Waals surface area (Å²) in [6, 6.07) is 0. The van der Waals surface area contributed by atoms with Crippen molar-refractivity contribution < 1.29 is 9.63 Å². The van der Waals surface area contributed by atoms with E-state index >= 15 is 0 Å². The summed E-state index contributed by atoms with van der Waals surface area (Å²) >= 11 is 0. The zero-order valence-electron chi connectivity index (χ0n) is 11.8. The summed E-state index contributed by atoms with van der Waals surface area (Å²) in [6.07, 6.45) is 2.82. The van der Waals surface area contributed by atoms with Gasteiger partial charge in [0.25, 0.3) is 0 Å². The third-order valence-corrected chi connectivity index (χ3v) is 3.71. The maximum Gasteiger partial charge on any atom is 0.191 e. The van der Waals surface area contributed by atoms with Gasteiger partial charge in [-0.1, -0.05) is 5.16 Å². The van der Waals surface area contributed by atoms with Crippen LogP contribution < -0.4 is 10.6 Å². The van der Waals surface area contributed by atoms with Gasteiger partial charge in [0.15, 0.2) is 5.96 Å². The molecule has 0 atom stereocenters. The van der Waals surface area contributed by atoms with E-state index in [4.69, 9.17) is 4.52 Å². The summed E-state index contributed by atoms with van der Waals surface area (Å²) in [6.45, 7) is 4.96. The number of rotatable bonds is 4. The lowest BCUT2D eigenvalue weighted by molar-refractivity contribution is -0.0279. The van der Waals surface area contributed by atoms with Gasteiger partial charge in [-0.2, -0.15) is 0 Å². The minimum Gasteiger partial charge on any atom is -0.388 e. The number of aliphatic imine (C=N–C) groups is 1. The summed E-state index contributed by atoms with van der Waals surface area (Å²) in [4.78, 5) is 4.14. The van der Waals surface area contributed by atoms with E-state index in [1.54, 1.807) is 7.05 Å². The lowest BCUT2D eigenvalue weighted by Crippen LogP contribution is -2.50. The first-order valence-corrected chi connectivity index (χ1v) is 6.63. The van der Waals surface area contributed by atoms with Crippen LogP contribution in [0.2, 0.25) is 0 Å². The number of aliphatic hydroxyl groups is 1. The number of aryl methyl sites for hydroxylation is 2. The minimum absolute atomic E-state index is 0.536. The SMILES string of the molecule is CN=C(NCc1c(C)noc1C)NCC1(O)CCC1. The van der Waals surface area contributed by atoms with Crippen LogP contribution in [0.15, 0.2) is 9.52 Å². The first-order chi connectivity index (χ1) is 9.04. The second-order valence-electron chi connectivity index (χ2n) is 5.16. The normalized spacial score (nSPS) is 18.0. The van der Waals surface area contributed by atoms with Gasteiger partial charge in [-0.15, -0.1) is 0 Å². The average molecular weight is 266 g/mol. The van der Waals surface area contributed by atoms with Gasteiger partial charge < -0.3 is 20.3 Å². The fourth-order valence-electron chi connectivity index (χ4n) is 2.16. The number of hydrogen-bond acceptors (Lipinski definition) is 4. The molecule has 0 bridgehead atoms. The van der Waals surface area contributed by atoms with E-state index in [2.05, 4.69) is 20.8 Å². The molecule has 1 saturated carbocycles. The summed E-state index contributed by atoms with van der Waals surface area (Å²) in [5.74, 6) is 1.50. The van der Waals surface area contributed by atoms with Gasteiger partial charge in [-0.05, 0) is 33.1 Å². The Kier molecular flexibility index (Phi) is 4.09. The van der Waals surface area contributed by atoms with Crippen molar-refractivity contribution in [1.29, 1.82) is 0 Å². The Hall–Kier alpha value is -1.56. The molecule has 0 radical (unpaired) electrons. The van der Waals surface area contributed by atoms with Crippen molar-refractivity contribution in [3.63, 3.8) is 0 Å². The molecule has 1 aromatic heterocycles. The van der Waals surface area contributed by atoms with Crippen molar-refractivity contribution in [1.82, 2.24) is 15.8 Å². The molecule has 19 heavy (non-hydrogen) atoms. The van der Waals surface area contributed by atoms with Crippen LogP contribution in [0.5, 0.6) is 0 Å². The Morgan fingerprint density at radius 2 is 2.16 bits per heavy atom. The highest BCUT2D eigenvalue weighted by molar-refractivity contribution is 5.79. The maximum atomic E-state index is 10.0. The van der Waals surface area contributed by atoms with Crippen molar-refractivity contribution in [3.8, 4) is 0 Å². The largest absolute Gasteiger partial charge is 0.388 e. The summed E-state index contributed by atoms with van der Waals surface area (Å²) in [5, 5.41) is 20.3. The van der Waals surface area contributed by atoms with E-state index in [0.29, 0.717) is 19.0 Å². The maximum absolute atomic E-state index is 10.0. The average Bonchev–Trinajstić information content (AvgIpc) is 2.67. The summed E-state index contributed by atoms with van der Waals surface area (Å²) in [7, 11) is 1.72. The van der Waals surface area contributed by atoms with E-state index in [-0.39, 0.29) is 0 Å². The number of aromatic nitrogens is 1. The molecule has 1 aromatic rings. The van der Waals surface area contributed by atoms with Crippen molar-refractivity contribution in [3.05, 3.63) is 17.0 Å². The predicted octanol–water partition coefficient (Wildman–Crippen LogP) is 0.871. The molecule has 0 unspecified atom stereocenters. The van der Waals surface area contributed by atoms with Crippen LogP contribution in [0.4, 0.5) is 0 Å². The molecule has 1 fully saturated rings. The van der Waals surface area contributed by atoms with E-state index < -0.39 is 5.60 Å². The number of hydrogen-bond donors (Lipinski definition) is 3. The van der Waals surface area contributed by atoms with Crippen LogP contribution in [0.3, 0.4) is 0 Å². The van der Waals surface area contributed by atoms with E-state index in [1.807, 2.05) is 13.8 Å². The molecule has 0 spiro atoms. The smallest absolute Gasteiger partial charge is 0.191 e. The fraction of sp³-hybridized carbons (Fsp3) is 0.692. The number of nitrogens with zero attached hydrogens (tertiary/aromatic N) is 2. The molecule has 3 N–H and O–H groups in total. The van der Waals surface area contributed by atoms with Crippen molar-refractivity contribution in [2.45, 2.75) is 45.3 Å². The van der Waals surface area contributed by atoms with Crippen LogP contribution in [0.1, 0.15) is 36.3 Å². The summed E-state index contributed by atoms with van der Waals surface area (Å²) < 4.78 is 5.11. The molecule has 1 aliphatic carbocycles. The predicted molar refractivity (Wildman–Crippen MR) is 73.0 cm³/mol. The Labute approximate surface area is 113 Å². The van der Waals surface area contributed by atoms with Gasteiger partial charge in [0.2, 0.25) is 0 Å². The minimum atomic E-state index is -0.555. The third kappa shape index (κ3) is 3.26. The second-order valence-corrected chi connectivity index (χ2v) is 5.16.